The van der Waals surface area contributed by atoms with Crippen LogP contribution in [0, 0.1) is 6.92 Å². The van der Waals surface area contributed by atoms with Crippen LogP contribution in [0.1, 0.15) is 54.1 Å². The molecule has 1 atom stereocenters. The zero-order valence-electron chi connectivity index (χ0n) is 18.8. The highest BCUT2D eigenvalue weighted by atomic mass is 19.4. The average molecular weight is 474 g/mol. The van der Waals surface area contributed by atoms with E-state index < -0.39 is 29.4 Å². The number of carboxylic acid groups (broad SMARTS) is 1. The second-order valence-electron chi connectivity index (χ2n) is 7.91. The van der Waals surface area contributed by atoms with Gasteiger partial charge >= 0.3 is 12.1 Å². The topological polar surface area (TPSA) is 81.4 Å². The van der Waals surface area contributed by atoms with Gasteiger partial charge in [-0.05, 0) is 37.1 Å². The number of unbranched alkanes of at least 4 members (excludes halogenated alkanes) is 1. The first-order valence-corrected chi connectivity index (χ1v) is 10.8. The van der Waals surface area contributed by atoms with Gasteiger partial charge in [0.1, 0.15) is 11.6 Å². The number of alkyl halides is 3. The van der Waals surface area contributed by atoms with E-state index in [-0.39, 0.29) is 17.9 Å². The van der Waals surface area contributed by atoms with E-state index in [0.717, 1.165) is 30.5 Å². The van der Waals surface area contributed by atoms with Crippen molar-refractivity contribution in [1.29, 1.82) is 0 Å². The van der Waals surface area contributed by atoms with Crippen LogP contribution in [0.2, 0.25) is 0 Å². The molecule has 0 aliphatic carbocycles. The maximum atomic E-state index is 13.4. The number of hydrogen-bond donors (Lipinski definition) is 1. The number of aliphatic carboxylic acids is 1. The Morgan fingerprint density at radius 3 is 2.44 bits per heavy atom. The van der Waals surface area contributed by atoms with E-state index in [4.69, 9.17) is 4.74 Å². The first kappa shape index (κ1) is 25.0. The first-order valence-electron chi connectivity index (χ1n) is 10.8. The smallest absolute Gasteiger partial charge is 0.416 e. The Labute approximate surface area is 194 Å². The molecule has 0 aliphatic heterocycles. The van der Waals surface area contributed by atoms with E-state index in [1.54, 1.807) is 23.6 Å². The van der Waals surface area contributed by atoms with Gasteiger partial charge in [-0.1, -0.05) is 43.7 Å². The molecular weight excluding hydrogens is 449 g/mol. The lowest BCUT2D eigenvalue weighted by Crippen LogP contribution is -2.25. The minimum Gasteiger partial charge on any atom is -0.478 e. The average Bonchev–Trinajstić information content (AvgIpc) is 2.78. The molecule has 1 unspecified atom stereocenters. The fraction of sp³-hybridized carbons (Fsp3) is 0.320. The van der Waals surface area contributed by atoms with Crippen molar-refractivity contribution >= 4 is 5.97 Å². The summed E-state index contributed by atoms with van der Waals surface area (Å²) in [7, 11) is 0. The summed E-state index contributed by atoms with van der Waals surface area (Å²) in [5, 5.41) is 9.54. The van der Waals surface area contributed by atoms with Crippen molar-refractivity contribution in [1.82, 2.24) is 9.55 Å². The van der Waals surface area contributed by atoms with Crippen LogP contribution in [-0.4, -0.2) is 20.6 Å². The quantitative estimate of drug-likeness (QED) is 0.463. The van der Waals surface area contributed by atoms with E-state index >= 15 is 0 Å². The molecule has 3 aromatic rings. The molecule has 0 saturated heterocycles. The van der Waals surface area contributed by atoms with Gasteiger partial charge in [0.25, 0.3) is 5.56 Å². The number of nitrogens with zero attached hydrogens (tertiary/aromatic N) is 2. The predicted octanol–water partition coefficient (Wildman–Crippen LogP) is 5.17. The molecule has 0 bridgehead atoms. The molecule has 1 N–H and O–H groups in total. The molecule has 0 saturated carbocycles. The highest BCUT2D eigenvalue weighted by Crippen LogP contribution is 2.36. The number of ether oxygens (including phenoxy) is 1. The lowest BCUT2D eigenvalue weighted by atomic mass is 10.0. The number of carboxylic acids is 1. The van der Waals surface area contributed by atoms with Gasteiger partial charge in [0, 0.05) is 23.7 Å². The largest absolute Gasteiger partial charge is 0.478 e. The normalized spacial score (nSPS) is 12.4. The molecule has 9 heteroatoms. The minimum atomic E-state index is -4.72. The third-order valence-electron chi connectivity index (χ3n) is 5.26. The molecule has 2 aromatic carbocycles. The van der Waals surface area contributed by atoms with Gasteiger partial charge in [-0.2, -0.15) is 13.2 Å². The highest BCUT2D eigenvalue weighted by Gasteiger charge is 2.37. The van der Waals surface area contributed by atoms with Crippen molar-refractivity contribution in [3.63, 3.8) is 0 Å². The molecule has 0 aliphatic rings. The van der Waals surface area contributed by atoms with Crippen LogP contribution in [0.5, 0.6) is 5.75 Å². The SMILES string of the molecule is CCCCc1nc(C)cc(=O)n1Cc1ccc(OC(C(=O)O)c2ccccc2C(F)(F)F)cc1. The van der Waals surface area contributed by atoms with Crippen LogP contribution in [0.3, 0.4) is 0 Å². The Morgan fingerprint density at radius 1 is 1.15 bits per heavy atom. The molecule has 0 amide bonds. The molecule has 1 aromatic heterocycles. The van der Waals surface area contributed by atoms with Crippen molar-refractivity contribution in [3.05, 3.63) is 93.2 Å². The Kier molecular flexibility index (Phi) is 7.75. The number of rotatable bonds is 9. The number of carbonyl (C=O) groups is 1. The summed E-state index contributed by atoms with van der Waals surface area (Å²) < 4.78 is 47.1. The van der Waals surface area contributed by atoms with Crippen LogP contribution < -0.4 is 10.3 Å². The zero-order chi connectivity index (χ0) is 24.9. The predicted molar refractivity (Wildman–Crippen MR) is 120 cm³/mol. The summed E-state index contributed by atoms with van der Waals surface area (Å²) in [4.78, 5) is 28.8. The van der Waals surface area contributed by atoms with Gasteiger partial charge in [0.2, 0.25) is 6.10 Å². The van der Waals surface area contributed by atoms with Gasteiger partial charge in [-0.15, -0.1) is 0 Å². The Balaban J connectivity index is 1.84. The third kappa shape index (κ3) is 6.03. The van der Waals surface area contributed by atoms with Crippen LogP contribution in [0.25, 0.3) is 0 Å². The van der Waals surface area contributed by atoms with Crippen molar-refractivity contribution in [2.24, 2.45) is 0 Å². The standard InChI is InChI=1S/C25H25F3N2O4/c1-3-4-9-21-29-16(2)14-22(31)30(21)15-17-10-12-18(13-11-17)34-23(24(32)33)19-7-5-6-8-20(19)25(26,27)28/h5-8,10-14,23H,3-4,9,15H2,1-2H3,(H,32,33). The van der Waals surface area contributed by atoms with Crippen LogP contribution >= 0.6 is 0 Å². The van der Waals surface area contributed by atoms with Crippen molar-refractivity contribution in [2.75, 3.05) is 0 Å². The maximum absolute atomic E-state index is 13.4. The molecule has 0 radical (unpaired) electrons. The summed E-state index contributed by atoms with van der Waals surface area (Å²) >= 11 is 0. The number of aryl methyl sites for hydroxylation is 2. The van der Waals surface area contributed by atoms with Gasteiger partial charge in [-0.3, -0.25) is 9.36 Å². The summed E-state index contributed by atoms with van der Waals surface area (Å²) in [6, 6.07) is 12.1. The molecule has 34 heavy (non-hydrogen) atoms. The lowest BCUT2D eigenvalue weighted by molar-refractivity contribution is -0.147. The second kappa shape index (κ2) is 10.5. The van der Waals surface area contributed by atoms with Crippen LogP contribution in [0.15, 0.2) is 59.4 Å². The fourth-order valence-electron chi connectivity index (χ4n) is 3.60. The van der Waals surface area contributed by atoms with Crippen molar-refractivity contribution in [3.8, 4) is 5.75 Å². The van der Waals surface area contributed by atoms with Gasteiger partial charge in [0.15, 0.2) is 0 Å². The molecule has 6 nitrogen and oxygen atoms in total. The summed E-state index contributed by atoms with van der Waals surface area (Å²) in [6.45, 7) is 4.07. The molecule has 1 heterocycles. The molecule has 0 fully saturated rings. The van der Waals surface area contributed by atoms with Gasteiger partial charge in [0.05, 0.1) is 12.1 Å². The van der Waals surface area contributed by atoms with Crippen molar-refractivity contribution in [2.45, 2.75) is 51.9 Å². The molecule has 180 valence electrons. The van der Waals surface area contributed by atoms with E-state index in [1.165, 1.54) is 30.3 Å². The van der Waals surface area contributed by atoms with Gasteiger partial charge in [-0.25, -0.2) is 9.78 Å². The Bertz CT molecular complexity index is 1200. The summed E-state index contributed by atoms with van der Waals surface area (Å²) in [6.07, 6.45) is -4.06. The second-order valence-corrected chi connectivity index (χ2v) is 7.91. The Hall–Kier alpha value is -3.62. The zero-order valence-corrected chi connectivity index (χ0v) is 18.8. The summed E-state index contributed by atoms with van der Waals surface area (Å²) in [5.74, 6) is -0.769. The molecule has 3 rings (SSSR count). The fourth-order valence-corrected chi connectivity index (χ4v) is 3.60. The number of benzene rings is 2. The van der Waals surface area contributed by atoms with Crippen LogP contribution in [-0.2, 0) is 23.9 Å². The molecule has 0 spiro atoms. The lowest BCUT2D eigenvalue weighted by Gasteiger charge is -2.20. The monoisotopic (exact) mass is 474 g/mol. The first-order chi connectivity index (χ1) is 16.1. The van der Waals surface area contributed by atoms with E-state index in [9.17, 15) is 27.9 Å². The number of hydrogen-bond acceptors (Lipinski definition) is 4. The number of aromatic nitrogens is 2. The third-order valence-corrected chi connectivity index (χ3v) is 5.26. The van der Waals surface area contributed by atoms with Gasteiger partial charge < -0.3 is 9.84 Å². The van der Waals surface area contributed by atoms with E-state index in [0.29, 0.717) is 17.9 Å². The summed E-state index contributed by atoms with van der Waals surface area (Å²) in [5.41, 5.74) is -0.335. The highest BCUT2D eigenvalue weighted by molar-refractivity contribution is 5.75. The van der Waals surface area contributed by atoms with E-state index in [1.807, 2.05) is 0 Å². The van der Waals surface area contributed by atoms with Crippen molar-refractivity contribution < 1.29 is 27.8 Å². The molecular formula is C25H25F3N2O4. The minimum absolute atomic E-state index is 0.0914. The van der Waals surface area contributed by atoms with E-state index in [2.05, 4.69) is 11.9 Å². The maximum Gasteiger partial charge on any atom is 0.416 e. The Morgan fingerprint density at radius 2 is 1.82 bits per heavy atom. The number of halogens is 3. The van der Waals surface area contributed by atoms with Crippen LogP contribution in [0.4, 0.5) is 13.2 Å².